The van der Waals surface area contributed by atoms with E-state index in [1.54, 1.807) is 24.3 Å². The summed E-state index contributed by atoms with van der Waals surface area (Å²) in [5, 5.41) is 31.8. The molecule has 0 aliphatic carbocycles. The zero-order valence-electron chi connectivity index (χ0n) is 43.6. The number of benzene rings is 11. The molecule has 8 heteroatoms. The van der Waals surface area contributed by atoms with Crippen LogP contribution in [0.1, 0.15) is 16.7 Å². The summed E-state index contributed by atoms with van der Waals surface area (Å²) in [7, 11) is 0. The predicted octanol–water partition coefficient (Wildman–Crippen LogP) is 18.5. The van der Waals surface area contributed by atoms with Crippen molar-refractivity contribution < 1.29 is 0 Å². The molecule has 0 aliphatic rings. The van der Waals surface area contributed by atoms with Crippen molar-refractivity contribution in [1.82, 2.24) is 14.5 Å². The van der Waals surface area contributed by atoms with Crippen molar-refractivity contribution >= 4 is 55.9 Å². The van der Waals surface area contributed by atoms with Crippen molar-refractivity contribution in [3.63, 3.8) is 0 Å². The number of fused-ring (bicyclic) bond motifs is 3. The number of nitriles is 3. The van der Waals surface area contributed by atoms with Gasteiger partial charge >= 0.3 is 0 Å². The summed E-state index contributed by atoms with van der Waals surface area (Å²) in [6.07, 6.45) is 0. The van der Waals surface area contributed by atoms with Gasteiger partial charge in [0.1, 0.15) is 0 Å². The van der Waals surface area contributed by atoms with Crippen molar-refractivity contribution in [2.24, 2.45) is 0 Å². The minimum atomic E-state index is 0.454. The first-order valence-corrected chi connectivity index (χ1v) is 26.5. The highest BCUT2D eigenvalue weighted by atomic mass is 15.1. The zero-order valence-corrected chi connectivity index (χ0v) is 43.6. The van der Waals surface area contributed by atoms with Gasteiger partial charge in [0.05, 0.1) is 57.3 Å². The van der Waals surface area contributed by atoms with Gasteiger partial charge in [-0.2, -0.15) is 15.8 Å². The lowest BCUT2D eigenvalue weighted by Gasteiger charge is -2.26. The number of nitrogens with zero attached hydrogens (tertiary/aromatic N) is 8. The van der Waals surface area contributed by atoms with Gasteiger partial charge in [0.25, 0.3) is 0 Å². The van der Waals surface area contributed by atoms with E-state index in [0.29, 0.717) is 39.5 Å². The monoisotopic (exact) mass is 1030 g/mol. The van der Waals surface area contributed by atoms with Crippen LogP contribution in [0, 0.1) is 34.0 Å². The van der Waals surface area contributed by atoms with Crippen LogP contribution in [0.25, 0.3) is 83.6 Å². The molecule has 0 amide bonds. The Bertz CT molecular complexity index is 4260. The molecule has 378 valence electrons. The maximum absolute atomic E-state index is 10.6. The van der Waals surface area contributed by atoms with Gasteiger partial charge in [-0.25, -0.2) is 9.97 Å². The lowest BCUT2D eigenvalue weighted by atomic mass is 9.95. The first-order valence-electron chi connectivity index (χ1n) is 26.5. The smallest absolute Gasteiger partial charge is 0.160 e. The molecule has 0 unspecified atom stereocenters. The molecule has 13 aromatic rings. The summed E-state index contributed by atoms with van der Waals surface area (Å²) in [6.45, 7) is 0. The van der Waals surface area contributed by atoms with Crippen LogP contribution in [0.15, 0.2) is 279 Å². The molecule has 0 saturated heterocycles. The fourth-order valence-corrected chi connectivity index (χ4v) is 10.7. The molecule has 13 rings (SSSR count). The Kier molecular flexibility index (Phi) is 12.9. The van der Waals surface area contributed by atoms with Crippen LogP contribution in [-0.2, 0) is 0 Å². The SMILES string of the molecule is N#Cc1ccc(-c2cc(-c3ccc(-c4ccc(-c5ccc(-n6c7ccc(N(c8ccccc8)c8ccccc8)cc7c7cc(N(c8ccccc8)c8ccccc8)ccc76)cc5)cc4)cc3C#N)nc(-c3ccc(C#N)cc3)n2)cc1. The van der Waals surface area contributed by atoms with Crippen LogP contribution in [0.4, 0.5) is 34.1 Å². The predicted molar refractivity (Wildman–Crippen MR) is 327 cm³/mol. The van der Waals surface area contributed by atoms with Crippen LogP contribution >= 0.6 is 0 Å². The van der Waals surface area contributed by atoms with Gasteiger partial charge in [-0.15, -0.1) is 0 Å². The molecule has 2 heterocycles. The molecule has 81 heavy (non-hydrogen) atoms. The largest absolute Gasteiger partial charge is 0.310 e. The summed E-state index contributed by atoms with van der Waals surface area (Å²) < 4.78 is 2.37. The summed E-state index contributed by atoms with van der Waals surface area (Å²) in [5.74, 6) is 0.454. The van der Waals surface area contributed by atoms with Gasteiger partial charge in [-0.05, 0) is 168 Å². The van der Waals surface area contributed by atoms with E-state index in [1.807, 2.05) is 48.5 Å². The second kappa shape index (κ2) is 21.4. The van der Waals surface area contributed by atoms with Gasteiger partial charge in [-0.3, -0.25) is 0 Å². The molecular weight excluding hydrogens is 989 g/mol. The summed E-state index contributed by atoms with van der Waals surface area (Å²) in [4.78, 5) is 14.5. The van der Waals surface area contributed by atoms with Crippen molar-refractivity contribution in [3.05, 3.63) is 296 Å². The van der Waals surface area contributed by atoms with Crippen molar-refractivity contribution in [3.8, 4) is 80.1 Å². The van der Waals surface area contributed by atoms with E-state index >= 15 is 0 Å². The average molecular weight is 1040 g/mol. The highest BCUT2D eigenvalue weighted by molar-refractivity contribution is 6.12. The van der Waals surface area contributed by atoms with Crippen molar-refractivity contribution in [1.29, 1.82) is 15.8 Å². The Morgan fingerprint density at radius 3 is 1.15 bits per heavy atom. The summed E-state index contributed by atoms with van der Waals surface area (Å²) >= 11 is 0. The number of rotatable bonds is 12. The lowest BCUT2D eigenvalue weighted by Crippen LogP contribution is -2.09. The fraction of sp³-hybridized carbons (Fsp3) is 0. The Hall–Kier alpha value is -11.6. The van der Waals surface area contributed by atoms with E-state index in [2.05, 4.69) is 239 Å². The van der Waals surface area contributed by atoms with Crippen molar-refractivity contribution in [2.75, 3.05) is 9.80 Å². The van der Waals surface area contributed by atoms with Crippen LogP contribution < -0.4 is 9.80 Å². The Morgan fingerprint density at radius 2 is 0.704 bits per heavy atom. The molecule has 0 aliphatic heterocycles. The van der Waals surface area contributed by atoms with Gasteiger partial charge in [0.15, 0.2) is 5.82 Å². The third-order valence-corrected chi connectivity index (χ3v) is 14.7. The zero-order chi connectivity index (χ0) is 54.7. The average Bonchev–Trinajstić information content (AvgIpc) is 4.03. The van der Waals surface area contributed by atoms with E-state index in [-0.39, 0.29) is 0 Å². The van der Waals surface area contributed by atoms with Gasteiger partial charge in [0.2, 0.25) is 0 Å². The molecule has 0 N–H and O–H groups in total. The highest BCUT2D eigenvalue weighted by Gasteiger charge is 2.21. The molecule has 0 radical (unpaired) electrons. The first kappa shape index (κ1) is 49.0. The van der Waals surface area contributed by atoms with Crippen molar-refractivity contribution in [2.45, 2.75) is 0 Å². The number of aromatic nitrogens is 3. The topological polar surface area (TPSA) is 109 Å². The number of hydrogen-bond acceptors (Lipinski definition) is 7. The maximum Gasteiger partial charge on any atom is 0.160 e. The lowest BCUT2D eigenvalue weighted by molar-refractivity contribution is 1.18. The van der Waals surface area contributed by atoms with E-state index < -0.39 is 0 Å². The van der Waals surface area contributed by atoms with Crippen LogP contribution in [0.2, 0.25) is 0 Å². The molecule has 0 atom stereocenters. The minimum Gasteiger partial charge on any atom is -0.310 e. The van der Waals surface area contributed by atoms with Crippen LogP contribution in [0.3, 0.4) is 0 Å². The molecule has 11 aromatic carbocycles. The number of para-hydroxylation sites is 4. The second-order valence-corrected chi connectivity index (χ2v) is 19.6. The molecule has 8 nitrogen and oxygen atoms in total. The molecule has 2 aromatic heterocycles. The molecule has 0 fully saturated rings. The first-order chi connectivity index (χ1) is 40.0. The summed E-state index contributed by atoms with van der Waals surface area (Å²) in [5.41, 5.74) is 18.6. The summed E-state index contributed by atoms with van der Waals surface area (Å²) in [6, 6.07) is 102. The van der Waals surface area contributed by atoms with E-state index in [0.717, 1.165) is 95.0 Å². The Balaban J connectivity index is 0.850. The number of hydrogen-bond donors (Lipinski definition) is 0. The van der Waals surface area contributed by atoms with Gasteiger partial charge in [0, 0.05) is 67.3 Å². The van der Waals surface area contributed by atoms with Gasteiger partial charge < -0.3 is 14.4 Å². The molecule has 0 spiro atoms. The molecule has 0 saturated carbocycles. The van der Waals surface area contributed by atoms with E-state index in [4.69, 9.17) is 9.97 Å². The van der Waals surface area contributed by atoms with E-state index in [9.17, 15) is 15.8 Å². The minimum absolute atomic E-state index is 0.454. The fourth-order valence-electron chi connectivity index (χ4n) is 10.7. The number of anilines is 6. The van der Waals surface area contributed by atoms with Crippen LogP contribution in [-0.4, -0.2) is 14.5 Å². The second-order valence-electron chi connectivity index (χ2n) is 19.6. The molecule has 0 bridgehead atoms. The standard InChI is InChI=1S/C73H46N8/c74-47-50-21-25-55(26-22-50)69-46-70(78-73(77-69)56-27-23-51(48-75)24-28-56)66-40-35-57(43-58(66)49-76)54-31-29-52(30-32-54)53-33-36-63(37-34-53)81-71-41-38-64(79(59-13-5-1-6-14-59)60-15-7-2-8-16-60)44-67(71)68-45-65(39-42-72(68)81)80(61-17-9-3-10-18-61)62-19-11-4-12-20-62/h1-46H. The Morgan fingerprint density at radius 1 is 0.309 bits per heavy atom. The molecular formula is C73H46N8. The van der Waals surface area contributed by atoms with Gasteiger partial charge in [-0.1, -0.05) is 133 Å². The quantitative estimate of drug-likeness (QED) is 0.120. The highest BCUT2D eigenvalue weighted by Crippen LogP contribution is 2.43. The normalized spacial score (nSPS) is 10.9. The maximum atomic E-state index is 10.6. The Labute approximate surface area is 469 Å². The third-order valence-electron chi connectivity index (χ3n) is 14.7. The van der Waals surface area contributed by atoms with Crippen LogP contribution in [0.5, 0.6) is 0 Å². The third kappa shape index (κ3) is 9.57. The van der Waals surface area contributed by atoms with E-state index in [1.165, 1.54) is 0 Å².